The van der Waals surface area contributed by atoms with Gasteiger partial charge in [0.25, 0.3) is 0 Å². The standard InChI is InChI=1S/C10H14/c1-8-5-9(2)7-10(6-8)3-4-10/h1-7H2. The Morgan fingerprint density at radius 3 is 1.90 bits per heavy atom. The van der Waals surface area contributed by atoms with Gasteiger partial charge < -0.3 is 0 Å². The second-order valence-corrected chi connectivity index (χ2v) is 4.03. The maximum atomic E-state index is 4.04. The van der Waals surface area contributed by atoms with E-state index in [9.17, 15) is 0 Å². The largest absolute Gasteiger partial charge is 0.0995 e. The molecule has 0 nitrogen and oxygen atoms in total. The van der Waals surface area contributed by atoms with Crippen molar-refractivity contribution in [3.63, 3.8) is 0 Å². The van der Waals surface area contributed by atoms with Gasteiger partial charge in [0.1, 0.15) is 0 Å². The Bertz CT molecular complexity index is 176. The van der Waals surface area contributed by atoms with Gasteiger partial charge in [-0.15, -0.1) is 0 Å². The first-order valence-corrected chi connectivity index (χ1v) is 4.04. The number of rotatable bonds is 0. The van der Waals surface area contributed by atoms with Gasteiger partial charge in [-0.2, -0.15) is 0 Å². The van der Waals surface area contributed by atoms with Crippen LogP contribution in [-0.4, -0.2) is 0 Å². The molecule has 0 amide bonds. The molecule has 0 aromatic heterocycles. The summed E-state index contributed by atoms with van der Waals surface area (Å²) in [5.41, 5.74) is 3.49. The second kappa shape index (κ2) is 1.75. The zero-order chi connectivity index (χ0) is 7.19. The summed E-state index contributed by atoms with van der Waals surface area (Å²) in [7, 11) is 0. The van der Waals surface area contributed by atoms with E-state index in [4.69, 9.17) is 0 Å². The van der Waals surface area contributed by atoms with Crippen molar-refractivity contribution in [3.8, 4) is 0 Å². The van der Waals surface area contributed by atoms with E-state index >= 15 is 0 Å². The molecule has 0 unspecified atom stereocenters. The smallest absolute Gasteiger partial charge is 0.0113 e. The van der Waals surface area contributed by atoms with E-state index in [0.29, 0.717) is 5.41 Å². The molecule has 0 atom stereocenters. The minimum Gasteiger partial charge on any atom is -0.0995 e. The first kappa shape index (κ1) is 6.21. The molecule has 10 heavy (non-hydrogen) atoms. The summed E-state index contributed by atoms with van der Waals surface area (Å²) in [5, 5.41) is 0. The van der Waals surface area contributed by atoms with Crippen LogP contribution in [0.3, 0.4) is 0 Å². The van der Waals surface area contributed by atoms with Crippen molar-refractivity contribution in [2.75, 3.05) is 0 Å². The van der Waals surface area contributed by atoms with Crippen molar-refractivity contribution in [2.24, 2.45) is 5.41 Å². The van der Waals surface area contributed by atoms with Crippen molar-refractivity contribution in [2.45, 2.75) is 32.1 Å². The molecule has 2 saturated carbocycles. The third-order valence-electron chi connectivity index (χ3n) is 2.71. The molecule has 0 aliphatic heterocycles. The molecule has 0 N–H and O–H groups in total. The molecule has 2 rings (SSSR count). The van der Waals surface area contributed by atoms with Crippen LogP contribution in [0.25, 0.3) is 0 Å². The van der Waals surface area contributed by atoms with Crippen LogP contribution in [0.15, 0.2) is 24.3 Å². The van der Waals surface area contributed by atoms with Gasteiger partial charge in [-0.25, -0.2) is 0 Å². The van der Waals surface area contributed by atoms with Crippen LogP contribution in [0, 0.1) is 5.41 Å². The van der Waals surface area contributed by atoms with Crippen LogP contribution in [-0.2, 0) is 0 Å². The number of allylic oxidation sites excluding steroid dienone is 2. The highest BCUT2D eigenvalue weighted by Gasteiger charge is 2.44. The molecule has 54 valence electrons. The zero-order valence-corrected chi connectivity index (χ0v) is 6.45. The molecule has 2 fully saturated rings. The molecule has 2 aliphatic carbocycles. The van der Waals surface area contributed by atoms with Gasteiger partial charge in [-0.05, 0) is 37.5 Å². The predicted octanol–water partition coefficient (Wildman–Crippen LogP) is 3.06. The van der Waals surface area contributed by atoms with E-state index < -0.39 is 0 Å². The van der Waals surface area contributed by atoms with Crippen LogP contribution in [0.5, 0.6) is 0 Å². The summed E-state index contributed by atoms with van der Waals surface area (Å²) in [5.74, 6) is 0. The van der Waals surface area contributed by atoms with Gasteiger partial charge in [0.15, 0.2) is 0 Å². The first-order valence-electron chi connectivity index (χ1n) is 4.04. The lowest BCUT2D eigenvalue weighted by Gasteiger charge is -2.24. The third kappa shape index (κ3) is 0.920. The van der Waals surface area contributed by atoms with Gasteiger partial charge in [-0.1, -0.05) is 24.3 Å². The summed E-state index contributed by atoms with van der Waals surface area (Å²) < 4.78 is 0. The summed E-state index contributed by atoms with van der Waals surface area (Å²) in [6, 6.07) is 0. The summed E-state index contributed by atoms with van der Waals surface area (Å²) in [6.45, 7) is 8.08. The Kier molecular flexibility index (Phi) is 1.08. The lowest BCUT2D eigenvalue weighted by atomic mass is 9.81. The van der Waals surface area contributed by atoms with Crippen LogP contribution < -0.4 is 0 Å². The molecule has 0 aromatic carbocycles. The molecule has 0 radical (unpaired) electrons. The Morgan fingerprint density at radius 1 is 1.00 bits per heavy atom. The van der Waals surface area contributed by atoms with Gasteiger partial charge in [0.05, 0.1) is 0 Å². The molecule has 0 aromatic rings. The highest BCUT2D eigenvalue weighted by atomic mass is 14.5. The summed E-state index contributed by atoms with van der Waals surface area (Å²) in [6.07, 6.45) is 6.51. The van der Waals surface area contributed by atoms with Crippen molar-refractivity contribution < 1.29 is 0 Å². The summed E-state index contributed by atoms with van der Waals surface area (Å²) in [4.78, 5) is 0. The van der Waals surface area contributed by atoms with Gasteiger partial charge in [0.2, 0.25) is 0 Å². The monoisotopic (exact) mass is 134 g/mol. The van der Waals surface area contributed by atoms with E-state index in [1.165, 1.54) is 36.8 Å². The molecule has 0 saturated heterocycles. The molecular weight excluding hydrogens is 120 g/mol. The fourth-order valence-corrected chi connectivity index (χ4v) is 2.13. The average Bonchev–Trinajstić information content (AvgIpc) is 2.44. The quantitative estimate of drug-likeness (QED) is 0.447. The average molecular weight is 134 g/mol. The normalized spacial score (nSPS) is 29.2. The fourth-order valence-electron chi connectivity index (χ4n) is 2.13. The molecular formula is C10H14. The predicted molar refractivity (Wildman–Crippen MR) is 43.8 cm³/mol. The second-order valence-electron chi connectivity index (χ2n) is 4.03. The van der Waals surface area contributed by atoms with E-state index in [1.54, 1.807) is 0 Å². The van der Waals surface area contributed by atoms with E-state index in [1.807, 2.05) is 0 Å². The first-order chi connectivity index (χ1) is 4.70. The van der Waals surface area contributed by atoms with Gasteiger partial charge >= 0.3 is 0 Å². The molecule has 0 heteroatoms. The molecule has 0 heterocycles. The maximum absolute atomic E-state index is 4.04. The highest BCUT2D eigenvalue weighted by molar-refractivity contribution is 5.22. The lowest BCUT2D eigenvalue weighted by molar-refractivity contribution is 0.461. The van der Waals surface area contributed by atoms with E-state index in [2.05, 4.69) is 13.2 Å². The Morgan fingerprint density at radius 2 is 1.50 bits per heavy atom. The highest BCUT2D eigenvalue weighted by Crippen LogP contribution is 2.58. The van der Waals surface area contributed by atoms with Crippen LogP contribution in [0.4, 0.5) is 0 Å². The molecule has 1 spiro atoms. The Labute approximate surface area is 62.6 Å². The van der Waals surface area contributed by atoms with Crippen molar-refractivity contribution in [1.29, 1.82) is 0 Å². The lowest BCUT2D eigenvalue weighted by Crippen LogP contribution is -2.09. The van der Waals surface area contributed by atoms with Gasteiger partial charge in [-0.3, -0.25) is 0 Å². The van der Waals surface area contributed by atoms with Crippen molar-refractivity contribution in [1.82, 2.24) is 0 Å². The Balaban J connectivity index is 2.14. The zero-order valence-electron chi connectivity index (χ0n) is 6.45. The van der Waals surface area contributed by atoms with E-state index in [0.717, 1.165) is 6.42 Å². The minimum atomic E-state index is 0.673. The third-order valence-corrected chi connectivity index (χ3v) is 2.71. The minimum absolute atomic E-state index is 0.673. The fraction of sp³-hybridized carbons (Fsp3) is 0.600. The molecule has 0 bridgehead atoms. The Hall–Kier alpha value is -0.520. The van der Waals surface area contributed by atoms with Crippen LogP contribution in [0.2, 0.25) is 0 Å². The topological polar surface area (TPSA) is 0 Å². The number of hydrogen-bond acceptors (Lipinski definition) is 0. The van der Waals surface area contributed by atoms with Crippen LogP contribution >= 0.6 is 0 Å². The number of hydrogen-bond donors (Lipinski definition) is 0. The maximum Gasteiger partial charge on any atom is -0.0113 e. The summed E-state index contributed by atoms with van der Waals surface area (Å²) >= 11 is 0. The van der Waals surface area contributed by atoms with Crippen molar-refractivity contribution >= 4 is 0 Å². The SMILES string of the molecule is C=C1CC(=C)CC2(CC2)C1. The van der Waals surface area contributed by atoms with Crippen molar-refractivity contribution in [3.05, 3.63) is 24.3 Å². The van der Waals surface area contributed by atoms with E-state index in [-0.39, 0.29) is 0 Å². The molecule has 2 aliphatic rings. The van der Waals surface area contributed by atoms with Crippen LogP contribution in [0.1, 0.15) is 32.1 Å². The van der Waals surface area contributed by atoms with Gasteiger partial charge in [0, 0.05) is 0 Å².